The molecule has 6 nitrogen and oxygen atoms in total. The molecule has 1 atom stereocenters. The van der Waals surface area contributed by atoms with Crippen molar-refractivity contribution in [3.63, 3.8) is 0 Å². The minimum atomic E-state index is -0.0460. The highest BCUT2D eigenvalue weighted by atomic mass is 16.5. The highest BCUT2D eigenvalue weighted by Crippen LogP contribution is 2.27. The molecule has 1 heterocycles. The van der Waals surface area contributed by atoms with Crippen molar-refractivity contribution in [1.82, 2.24) is 10.6 Å². The average molecular weight is 488 g/mol. The maximum Gasteiger partial charge on any atom is 0.251 e. The summed E-state index contributed by atoms with van der Waals surface area (Å²) in [6, 6.07) is 24.6. The molecule has 1 amide bonds. The largest absolute Gasteiger partial charge is 0.493 e. The summed E-state index contributed by atoms with van der Waals surface area (Å²) in [5, 5.41) is 6.80. The van der Waals surface area contributed by atoms with Gasteiger partial charge in [-0.15, -0.1) is 0 Å². The van der Waals surface area contributed by atoms with Crippen LogP contribution >= 0.6 is 0 Å². The predicted octanol–water partition coefficient (Wildman–Crippen LogP) is 5.00. The number of hydrogen-bond acceptors (Lipinski definition) is 5. The normalized spacial score (nSPS) is 14.8. The summed E-state index contributed by atoms with van der Waals surface area (Å²) in [6.45, 7) is 4.95. The number of methoxy groups -OCH3 is 2. The number of amides is 1. The Bertz CT molecular complexity index is 1110. The lowest BCUT2D eigenvalue weighted by atomic mass is 10.0. The van der Waals surface area contributed by atoms with Crippen LogP contribution in [0.4, 0.5) is 5.69 Å². The number of nitrogens with one attached hydrogen (secondary N) is 2. The zero-order valence-corrected chi connectivity index (χ0v) is 21.5. The SMILES string of the molecule is COc1ccc(CCNC2CCN(c3ccc(C(=O)N[C@H](C)c4ccccc4)cc3)CC2)cc1OC. The van der Waals surface area contributed by atoms with Crippen LogP contribution in [0.25, 0.3) is 0 Å². The van der Waals surface area contributed by atoms with E-state index in [1.54, 1.807) is 14.2 Å². The van der Waals surface area contributed by atoms with Crippen LogP contribution in [0.3, 0.4) is 0 Å². The molecule has 3 aromatic carbocycles. The quantitative estimate of drug-likeness (QED) is 0.422. The molecule has 1 aliphatic heterocycles. The molecule has 1 aliphatic rings. The molecule has 6 heteroatoms. The fourth-order valence-corrected chi connectivity index (χ4v) is 4.73. The van der Waals surface area contributed by atoms with Crippen molar-refractivity contribution in [3.05, 3.63) is 89.5 Å². The van der Waals surface area contributed by atoms with Crippen LogP contribution in [-0.4, -0.2) is 45.8 Å². The van der Waals surface area contributed by atoms with Crippen molar-refractivity contribution < 1.29 is 14.3 Å². The first-order valence-electron chi connectivity index (χ1n) is 12.7. The van der Waals surface area contributed by atoms with E-state index in [9.17, 15) is 4.79 Å². The summed E-state index contributed by atoms with van der Waals surface area (Å²) >= 11 is 0. The third-order valence-electron chi connectivity index (χ3n) is 6.93. The topological polar surface area (TPSA) is 62.8 Å². The molecule has 0 bridgehead atoms. The zero-order chi connectivity index (χ0) is 25.3. The second kappa shape index (κ2) is 12.5. The minimum absolute atomic E-state index is 0.0309. The van der Waals surface area contributed by atoms with E-state index in [-0.39, 0.29) is 11.9 Å². The first-order chi connectivity index (χ1) is 17.6. The molecular formula is C30H37N3O3. The number of hydrogen-bond donors (Lipinski definition) is 2. The van der Waals surface area contributed by atoms with Crippen LogP contribution in [0.1, 0.15) is 47.3 Å². The van der Waals surface area contributed by atoms with E-state index < -0.39 is 0 Å². The first-order valence-corrected chi connectivity index (χ1v) is 12.7. The summed E-state index contributed by atoms with van der Waals surface area (Å²) in [5.74, 6) is 1.49. The molecule has 190 valence electrons. The molecule has 1 saturated heterocycles. The standard InChI is InChI=1S/C30H37N3O3/c1-22(24-7-5-4-6-8-24)32-30(34)25-10-12-27(13-11-25)33-19-16-26(17-20-33)31-18-15-23-9-14-28(35-2)29(21-23)36-3/h4-14,21-22,26,31H,15-20H2,1-3H3,(H,32,34)/t22-/m1/s1. The van der Waals surface area contributed by atoms with Gasteiger partial charge >= 0.3 is 0 Å². The van der Waals surface area contributed by atoms with Gasteiger partial charge in [-0.2, -0.15) is 0 Å². The van der Waals surface area contributed by atoms with Crippen LogP contribution in [-0.2, 0) is 6.42 Å². The third kappa shape index (κ3) is 6.58. The Balaban J connectivity index is 1.21. The number of piperidine rings is 1. The highest BCUT2D eigenvalue weighted by Gasteiger charge is 2.19. The van der Waals surface area contributed by atoms with Crippen molar-refractivity contribution in [1.29, 1.82) is 0 Å². The Labute approximate surface area is 214 Å². The van der Waals surface area contributed by atoms with Gasteiger partial charge in [0.25, 0.3) is 5.91 Å². The molecule has 2 N–H and O–H groups in total. The Morgan fingerprint density at radius 1 is 0.944 bits per heavy atom. The van der Waals surface area contributed by atoms with Gasteiger partial charge in [0.05, 0.1) is 20.3 Å². The van der Waals surface area contributed by atoms with Gasteiger partial charge in [0.1, 0.15) is 0 Å². The summed E-state index contributed by atoms with van der Waals surface area (Å²) in [5.41, 5.74) is 4.20. The average Bonchev–Trinajstić information content (AvgIpc) is 2.94. The molecule has 0 spiro atoms. The molecule has 4 rings (SSSR count). The number of nitrogens with zero attached hydrogens (tertiary/aromatic N) is 1. The second-order valence-electron chi connectivity index (χ2n) is 9.31. The summed E-state index contributed by atoms with van der Waals surface area (Å²) < 4.78 is 10.7. The molecule has 0 aromatic heterocycles. The number of anilines is 1. The van der Waals surface area contributed by atoms with Gasteiger partial charge in [0.15, 0.2) is 11.5 Å². The van der Waals surface area contributed by atoms with Gasteiger partial charge in [-0.1, -0.05) is 36.4 Å². The Morgan fingerprint density at radius 3 is 2.31 bits per heavy atom. The molecule has 0 unspecified atom stereocenters. The minimum Gasteiger partial charge on any atom is -0.493 e. The first kappa shape index (κ1) is 25.6. The summed E-state index contributed by atoms with van der Waals surface area (Å²) in [4.78, 5) is 15.1. The van der Waals surface area contributed by atoms with Gasteiger partial charge in [-0.3, -0.25) is 4.79 Å². The van der Waals surface area contributed by atoms with E-state index in [0.29, 0.717) is 11.6 Å². The number of rotatable bonds is 10. The Morgan fingerprint density at radius 2 is 1.64 bits per heavy atom. The fourth-order valence-electron chi connectivity index (χ4n) is 4.73. The van der Waals surface area contributed by atoms with Crippen molar-refractivity contribution in [3.8, 4) is 11.5 Å². The van der Waals surface area contributed by atoms with Crippen LogP contribution in [0.15, 0.2) is 72.8 Å². The third-order valence-corrected chi connectivity index (χ3v) is 6.93. The van der Waals surface area contributed by atoms with Gasteiger partial charge in [0, 0.05) is 30.4 Å². The maximum absolute atomic E-state index is 12.7. The van der Waals surface area contributed by atoms with E-state index in [1.165, 1.54) is 11.3 Å². The number of benzene rings is 3. The molecule has 0 saturated carbocycles. The van der Waals surface area contributed by atoms with Gasteiger partial charge < -0.3 is 25.0 Å². The number of carbonyl (C=O) groups is 1. The predicted molar refractivity (Wildman–Crippen MR) is 145 cm³/mol. The van der Waals surface area contributed by atoms with Crippen molar-refractivity contribution >= 4 is 11.6 Å². The van der Waals surface area contributed by atoms with E-state index >= 15 is 0 Å². The van der Waals surface area contributed by atoms with Crippen LogP contribution in [0.2, 0.25) is 0 Å². The second-order valence-corrected chi connectivity index (χ2v) is 9.31. The lowest BCUT2D eigenvalue weighted by molar-refractivity contribution is 0.0940. The highest BCUT2D eigenvalue weighted by molar-refractivity contribution is 5.94. The summed E-state index contributed by atoms with van der Waals surface area (Å²) in [6.07, 6.45) is 3.15. The molecule has 36 heavy (non-hydrogen) atoms. The van der Waals surface area contributed by atoms with E-state index in [0.717, 1.165) is 56.0 Å². The van der Waals surface area contributed by atoms with E-state index in [4.69, 9.17) is 9.47 Å². The van der Waals surface area contributed by atoms with Gasteiger partial charge in [0.2, 0.25) is 0 Å². The number of carbonyl (C=O) groups excluding carboxylic acids is 1. The van der Waals surface area contributed by atoms with Crippen LogP contribution < -0.4 is 25.0 Å². The van der Waals surface area contributed by atoms with Crippen LogP contribution in [0, 0.1) is 0 Å². The van der Waals surface area contributed by atoms with Crippen molar-refractivity contribution in [2.24, 2.45) is 0 Å². The number of ether oxygens (including phenoxy) is 2. The van der Waals surface area contributed by atoms with Crippen molar-refractivity contribution in [2.45, 2.75) is 38.3 Å². The van der Waals surface area contributed by atoms with Gasteiger partial charge in [-0.05, 0) is 80.3 Å². The smallest absolute Gasteiger partial charge is 0.251 e. The fraction of sp³-hybridized carbons (Fsp3) is 0.367. The molecular weight excluding hydrogens is 450 g/mol. The zero-order valence-electron chi connectivity index (χ0n) is 21.5. The Kier molecular flexibility index (Phi) is 8.85. The lowest BCUT2D eigenvalue weighted by Crippen LogP contribution is -2.43. The molecule has 1 fully saturated rings. The van der Waals surface area contributed by atoms with E-state index in [1.807, 2.05) is 55.5 Å². The lowest BCUT2D eigenvalue weighted by Gasteiger charge is -2.34. The molecule has 0 radical (unpaired) electrons. The Hall–Kier alpha value is -3.51. The molecule has 0 aliphatic carbocycles. The van der Waals surface area contributed by atoms with E-state index in [2.05, 4.69) is 39.8 Å². The maximum atomic E-state index is 12.7. The monoisotopic (exact) mass is 487 g/mol. The molecule has 3 aromatic rings. The van der Waals surface area contributed by atoms with Gasteiger partial charge in [-0.25, -0.2) is 0 Å². The van der Waals surface area contributed by atoms with Crippen molar-refractivity contribution in [2.75, 3.05) is 38.8 Å². The van der Waals surface area contributed by atoms with Crippen LogP contribution in [0.5, 0.6) is 11.5 Å². The summed E-state index contributed by atoms with van der Waals surface area (Å²) in [7, 11) is 3.33.